The van der Waals surface area contributed by atoms with E-state index in [1.54, 1.807) is 18.2 Å². The van der Waals surface area contributed by atoms with Gasteiger partial charge < -0.3 is 9.63 Å². The average molecular weight is 236 g/mol. The molecule has 2 rings (SSSR count). The van der Waals surface area contributed by atoms with Crippen LogP contribution in [0.1, 0.15) is 16.1 Å². The summed E-state index contributed by atoms with van der Waals surface area (Å²) in [6, 6.07) is 5.13. The Labute approximate surface area is 97.3 Å². The van der Waals surface area contributed by atoms with Crippen molar-refractivity contribution in [3.63, 3.8) is 0 Å². The van der Waals surface area contributed by atoms with Crippen molar-refractivity contribution < 1.29 is 19.3 Å². The molecule has 0 aliphatic carbocycles. The van der Waals surface area contributed by atoms with Crippen molar-refractivity contribution >= 4 is 16.9 Å². The summed E-state index contributed by atoms with van der Waals surface area (Å²) in [7, 11) is 2.86. The monoisotopic (exact) mass is 236 g/mol. The lowest BCUT2D eigenvalue weighted by Crippen LogP contribution is -2.25. The Morgan fingerprint density at radius 2 is 2.35 bits per heavy atom. The zero-order valence-corrected chi connectivity index (χ0v) is 9.51. The minimum Gasteiger partial charge on any atom is -0.392 e. The van der Waals surface area contributed by atoms with Gasteiger partial charge in [-0.25, -0.2) is 5.06 Å². The Balaban J connectivity index is 2.59. The highest BCUT2D eigenvalue weighted by Gasteiger charge is 2.21. The number of carbonyl (C=O) groups excluding carboxylic acids is 1. The lowest BCUT2D eigenvalue weighted by atomic mass is 10.1. The lowest BCUT2D eigenvalue weighted by Gasteiger charge is -2.11. The van der Waals surface area contributed by atoms with Crippen LogP contribution in [0.5, 0.6) is 0 Å². The summed E-state index contributed by atoms with van der Waals surface area (Å²) in [4.78, 5) is 16.7. The second kappa shape index (κ2) is 4.52. The van der Waals surface area contributed by atoms with Crippen LogP contribution in [0.4, 0.5) is 0 Å². The molecule has 0 atom stereocenters. The number of fused-ring (bicyclic) bond motifs is 1. The summed E-state index contributed by atoms with van der Waals surface area (Å²) in [5.74, 6) is -0.424. The predicted octanol–water partition coefficient (Wildman–Crippen LogP) is 0.954. The molecule has 0 aliphatic rings. The number of aliphatic hydroxyl groups is 1. The Morgan fingerprint density at radius 1 is 1.59 bits per heavy atom. The zero-order chi connectivity index (χ0) is 12.4. The number of amides is 1. The smallest absolute Gasteiger partial charge is 0.299 e. The first kappa shape index (κ1) is 11.6. The largest absolute Gasteiger partial charge is 0.392 e. The van der Waals surface area contributed by atoms with E-state index in [1.807, 2.05) is 0 Å². The fraction of sp³-hybridized carbons (Fsp3) is 0.273. The summed E-state index contributed by atoms with van der Waals surface area (Å²) in [6.45, 7) is -0.185. The van der Waals surface area contributed by atoms with E-state index < -0.39 is 5.91 Å². The fourth-order valence-corrected chi connectivity index (χ4v) is 1.57. The maximum absolute atomic E-state index is 11.9. The number of hydroxylamine groups is 2. The third kappa shape index (κ3) is 1.88. The zero-order valence-electron chi connectivity index (χ0n) is 9.51. The molecule has 90 valence electrons. The number of nitrogens with zero attached hydrogens (tertiary/aromatic N) is 2. The van der Waals surface area contributed by atoms with Gasteiger partial charge in [-0.1, -0.05) is 17.3 Å². The van der Waals surface area contributed by atoms with Crippen LogP contribution >= 0.6 is 0 Å². The molecular weight excluding hydrogens is 224 g/mol. The Hall–Kier alpha value is -1.92. The highest BCUT2D eigenvalue weighted by Crippen LogP contribution is 2.23. The SMILES string of the molecule is CON(C)C(=O)c1noc2cccc(CO)c12. The first-order chi connectivity index (χ1) is 8.19. The minimum absolute atomic E-state index is 0.133. The Kier molecular flexibility index (Phi) is 3.08. The van der Waals surface area contributed by atoms with Crippen LogP contribution < -0.4 is 0 Å². The van der Waals surface area contributed by atoms with Crippen molar-refractivity contribution in [2.45, 2.75) is 6.61 Å². The molecule has 0 spiro atoms. The summed E-state index contributed by atoms with van der Waals surface area (Å²) in [5.41, 5.74) is 1.19. The molecule has 0 bridgehead atoms. The molecule has 0 fully saturated rings. The van der Waals surface area contributed by atoms with Crippen molar-refractivity contribution in [2.24, 2.45) is 0 Å². The number of aliphatic hydroxyl groups excluding tert-OH is 1. The molecule has 6 nitrogen and oxygen atoms in total. The predicted molar refractivity (Wildman–Crippen MR) is 59.0 cm³/mol. The molecule has 0 saturated carbocycles. The first-order valence-electron chi connectivity index (χ1n) is 4.99. The van der Waals surface area contributed by atoms with Crippen LogP contribution in [-0.2, 0) is 11.4 Å². The normalized spacial score (nSPS) is 10.8. The fourth-order valence-electron chi connectivity index (χ4n) is 1.57. The van der Waals surface area contributed by atoms with Gasteiger partial charge in [0.15, 0.2) is 11.3 Å². The highest BCUT2D eigenvalue weighted by molar-refractivity contribution is 6.04. The molecule has 1 heterocycles. The maximum atomic E-state index is 11.9. The molecule has 0 unspecified atom stereocenters. The number of hydrogen-bond acceptors (Lipinski definition) is 5. The summed E-state index contributed by atoms with van der Waals surface area (Å²) in [6.07, 6.45) is 0. The van der Waals surface area contributed by atoms with Crippen molar-refractivity contribution in [1.29, 1.82) is 0 Å². The van der Waals surface area contributed by atoms with Crippen molar-refractivity contribution in [3.8, 4) is 0 Å². The van der Waals surface area contributed by atoms with Crippen LogP contribution in [0.25, 0.3) is 11.0 Å². The average Bonchev–Trinajstić information content (AvgIpc) is 2.80. The van der Waals surface area contributed by atoms with Gasteiger partial charge >= 0.3 is 0 Å². The van der Waals surface area contributed by atoms with Crippen molar-refractivity contribution in [3.05, 3.63) is 29.5 Å². The maximum Gasteiger partial charge on any atom is 0.299 e. The van der Waals surface area contributed by atoms with Gasteiger partial charge in [-0.2, -0.15) is 0 Å². The van der Waals surface area contributed by atoms with E-state index in [0.29, 0.717) is 16.5 Å². The lowest BCUT2D eigenvalue weighted by molar-refractivity contribution is -0.0761. The molecule has 1 N–H and O–H groups in total. The van der Waals surface area contributed by atoms with Gasteiger partial charge in [-0.15, -0.1) is 0 Å². The summed E-state index contributed by atoms with van der Waals surface area (Å²) in [5, 5.41) is 14.5. The van der Waals surface area contributed by atoms with Gasteiger partial charge in [0.2, 0.25) is 0 Å². The van der Waals surface area contributed by atoms with Gasteiger partial charge in [-0.3, -0.25) is 9.63 Å². The van der Waals surface area contributed by atoms with E-state index in [-0.39, 0.29) is 12.3 Å². The van der Waals surface area contributed by atoms with Gasteiger partial charge in [0.25, 0.3) is 5.91 Å². The summed E-state index contributed by atoms with van der Waals surface area (Å²) < 4.78 is 5.04. The van der Waals surface area contributed by atoms with E-state index in [0.717, 1.165) is 5.06 Å². The summed E-state index contributed by atoms with van der Waals surface area (Å²) >= 11 is 0. The van der Waals surface area contributed by atoms with Crippen LogP contribution in [0.15, 0.2) is 22.7 Å². The third-order valence-electron chi connectivity index (χ3n) is 2.52. The molecule has 2 aromatic rings. The standard InChI is InChI=1S/C11H12N2O4/c1-13(16-2)11(15)10-9-7(6-14)4-3-5-8(9)17-12-10/h3-5,14H,6H2,1-2H3. The van der Waals surface area contributed by atoms with Gasteiger partial charge in [0.1, 0.15) is 0 Å². The third-order valence-corrected chi connectivity index (χ3v) is 2.52. The Morgan fingerprint density at radius 3 is 3.00 bits per heavy atom. The van der Waals surface area contributed by atoms with Crippen LogP contribution in [0, 0.1) is 0 Å². The molecule has 1 amide bonds. The molecule has 0 radical (unpaired) electrons. The number of rotatable bonds is 3. The number of benzene rings is 1. The number of aromatic nitrogens is 1. The molecule has 1 aromatic carbocycles. The number of hydrogen-bond donors (Lipinski definition) is 1. The van der Waals surface area contributed by atoms with Crippen LogP contribution in [0.2, 0.25) is 0 Å². The Bertz CT molecular complexity index is 549. The van der Waals surface area contributed by atoms with Crippen LogP contribution in [-0.4, -0.2) is 35.4 Å². The number of carbonyl (C=O) groups is 1. The quantitative estimate of drug-likeness (QED) is 0.803. The van der Waals surface area contributed by atoms with E-state index in [1.165, 1.54) is 14.2 Å². The van der Waals surface area contributed by atoms with Gasteiger partial charge in [-0.05, 0) is 11.6 Å². The van der Waals surface area contributed by atoms with Crippen molar-refractivity contribution in [1.82, 2.24) is 10.2 Å². The molecule has 6 heteroatoms. The highest BCUT2D eigenvalue weighted by atomic mass is 16.7. The second-order valence-corrected chi connectivity index (χ2v) is 3.46. The molecule has 1 aromatic heterocycles. The van der Waals surface area contributed by atoms with Gasteiger partial charge in [0, 0.05) is 7.05 Å². The van der Waals surface area contributed by atoms with E-state index >= 15 is 0 Å². The topological polar surface area (TPSA) is 75.8 Å². The van der Waals surface area contributed by atoms with Gasteiger partial charge in [0.05, 0.1) is 19.1 Å². The first-order valence-corrected chi connectivity index (χ1v) is 4.99. The molecule has 0 aliphatic heterocycles. The minimum atomic E-state index is -0.424. The molecule has 17 heavy (non-hydrogen) atoms. The second-order valence-electron chi connectivity index (χ2n) is 3.46. The van der Waals surface area contributed by atoms with E-state index in [9.17, 15) is 9.90 Å². The molecular formula is C11H12N2O4. The molecule has 0 saturated heterocycles. The van der Waals surface area contributed by atoms with E-state index in [2.05, 4.69) is 5.16 Å². The van der Waals surface area contributed by atoms with Crippen molar-refractivity contribution in [2.75, 3.05) is 14.2 Å². The van der Waals surface area contributed by atoms with E-state index in [4.69, 9.17) is 9.36 Å². The van der Waals surface area contributed by atoms with Crippen LogP contribution in [0.3, 0.4) is 0 Å².